The van der Waals surface area contributed by atoms with Gasteiger partial charge >= 0.3 is 15.7 Å². The third kappa shape index (κ3) is 4.51. The van der Waals surface area contributed by atoms with Crippen LogP contribution in [0.4, 0.5) is 0 Å². The molecule has 1 unspecified atom stereocenters. The van der Waals surface area contributed by atoms with Crippen LogP contribution in [0.1, 0.15) is 6.42 Å². The van der Waals surface area contributed by atoms with Crippen molar-refractivity contribution in [3.63, 3.8) is 0 Å². The van der Waals surface area contributed by atoms with Crippen LogP contribution >= 0.6 is 0 Å². The van der Waals surface area contributed by atoms with Gasteiger partial charge in [0.2, 0.25) is 0 Å². The maximum atomic E-state index is 10.6. The first kappa shape index (κ1) is 10.1. The zero-order valence-corrected chi connectivity index (χ0v) is 7.03. The molecule has 6 heteroatoms. The van der Waals surface area contributed by atoms with E-state index in [1.807, 2.05) is 0 Å². The number of carbonyl (C=O) groups is 2. The van der Waals surface area contributed by atoms with Crippen molar-refractivity contribution >= 4 is 21.7 Å². The minimum atomic E-state index is -1.19. The summed E-state index contributed by atoms with van der Waals surface area (Å²) in [4.78, 5) is 20.7. The predicted molar refractivity (Wildman–Crippen MR) is 37.9 cm³/mol. The molecule has 0 bridgehead atoms. The van der Waals surface area contributed by atoms with Gasteiger partial charge in [0, 0.05) is 0 Å². The SMILES string of the molecule is C[Si]OC(=O)CC(N)C(=O)O. The normalized spacial score (nSPS) is 12.2. The minimum Gasteiger partial charge on any atom is -0.517 e. The first-order valence-corrected chi connectivity index (χ1v) is 4.33. The Labute approximate surface area is 66.5 Å². The van der Waals surface area contributed by atoms with E-state index < -0.39 is 18.0 Å². The second-order valence-corrected chi connectivity index (χ2v) is 2.44. The Kier molecular flexibility index (Phi) is 4.47. The minimum absolute atomic E-state index is 0.0332. The molecule has 0 spiro atoms. The lowest BCUT2D eigenvalue weighted by Crippen LogP contribution is -2.33. The van der Waals surface area contributed by atoms with Crippen LogP contribution in [0.25, 0.3) is 0 Å². The summed E-state index contributed by atoms with van der Waals surface area (Å²) < 4.78 is 4.51. The fourth-order valence-electron chi connectivity index (χ4n) is 0.422. The van der Waals surface area contributed by atoms with Gasteiger partial charge in [-0.1, -0.05) is 0 Å². The van der Waals surface area contributed by atoms with Crippen molar-refractivity contribution < 1.29 is 19.1 Å². The highest BCUT2D eigenvalue weighted by atomic mass is 28.2. The quantitative estimate of drug-likeness (QED) is 0.535. The molecule has 2 radical (unpaired) electrons. The predicted octanol–water partition coefficient (Wildman–Crippen LogP) is -1.00. The van der Waals surface area contributed by atoms with Gasteiger partial charge < -0.3 is 15.3 Å². The molecule has 62 valence electrons. The second-order valence-electron chi connectivity index (χ2n) is 1.83. The molecule has 0 amide bonds. The molecule has 0 saturated heterocycles. The fraction of sp³-hybridized carbons (Fsp3) is 0.600. The van der Waals surface area contributed by atoms with Gasteiger partial charge in [-0.25, -0.2) is 0 Å². The first-order chi connectivity index (χ1) is 5.07. The maximum Gasteiger partial charge on any atom is 0.321 e. The summed E-state index contributed by atoms with van der Waals surface area (Å²) in [5.41, 5.74) is 5.05. The summed E-state index contributed by atoms with van der Waals surface area (Å²) >= 11 is 0. The van der Waals surface area contributed by atoms with Crippen LogP contribution in [0, 0.1) is 0 Å². The summed E-state index contributed by atoms with van der Waals surface area (Å²) in [5, 5.41) is 8.27. The molecule has 0 rings (SSSR count). The highest BCUT2D eigenvalue weighted by molar-refractivity contribution is 6.28. The Morgan fingerprint density at radius 1 is 1.73 bits per heavy atom. The number of carboxylic acid groups (broad SMARTS) is 1. The molecule has 3 N–H and O–H groups in total. The van der Waals surface area contributed by atoms with Crippen LogP contribution in [0.3, 0.4) is 0 Å². The van der Waals surface area contributed by atoms with Crippen molar-refractivity contribution in [1.29, 1.82) is 0 Å². The number of rotatable bonds is 4. The molecule has 0 aromatic carbocycles. The van der Waals surface area contributed by atoms with Gasteiger partial charge in [-0.3, -0.25) is 9.59 Å². The van der Waals surface area contributed by atoms with E-state index in [2.05, 4.69) is 4.43 Å². The monoisotopic (exact) mass is 175 g/mol. The van der Waals surface area contributed by atoms with E-state index in [9.17, 15) is 9.59 Å². The zero-order valence-electron chi connectivity index (χ0n) is 6.03. The van der Waals surface area contributed by atoms with E-state index in [0.29, 0.717) is 0 Å². The summed E-state index contributed by atoms with van der Waals surface area (Å²) in [7, 11) is 0.0332. The van der Waals surface area contributed by atoms with Gasteiger partial charge in [-0.2, -0.15) is 0 Å². The van der Waals surface area contributed by atoms with E-state index in [0.717, 1.165) is 0 Å². The molecule has 0 aliphatic carbocycles. The van der Waals surface area contributed by atoms with Crippen LogP contribution < -0.4 is 5.73 Å². The van der Waals surface area contributed by atoms with Crippen molar-refractivity contribution in [2.24, 2.45) is 5.73 Å². The van der Waals surface area contributed by atoms with Gasteiger partial charge in [0.15, 0.2) is 0 Å². The van der Waals surface area contributed by atoms with Crippen LogP contribution in [0.2, 0.25) is 6.55 Å². The molecule has 0 aliphatic heterocycles. The van der Waals surface area contributed by atoms with Crippen LogP contribution in [0.5, 0.6) is 0 Å². The molecule has 0 aliphatic rings. The average molecular weight is 175 g/mol. The molecular weight excluding hydrogens is 166 g/mol. The van der Waals surface area contributed by atoms with Crippen molar-refractivity contribution in [3.8, 4) is 0 Å². The number of aliphatic carboxylic acids is 1. The largest absolute Gasteiger partial charge is 0.517 e. The Bertz CT molecular complexity index is 161. The van der Waals surface area contributed by atoms with Crippen LogP contribution in [0.15, 0.2) is 0 Å². The zero-order chi connectivity index (χ0) is 8.85. The molecule has 5 nitrogen and oxygen atoms in total. The standard InChI is InChI=1S/C5H9NO4Si/c1-11-10-4(7)2-3(6)5(8)9/h3H,2,6H2,1H3,(H,8,9). The number of nitrogens with two attached hydrogens (primary N) is 1. The molecule has 0 aromatic rings. The molecule has 0 saturated carbocycles. The smallest absolute Gasteiger partial charge is 0.321 e. The first-order valence-electron chi connectivity index (χ1n) is 2.92. The summed E-state index contributed by atoms with van der Waals surface area (Å²) in [5.74, 6) is -1.76. The third-order valence-electron chi connectivity index (χ3n) is 0.920. The van der Waals surface area contributed by atoms with Gasteiger partial charge in [0.05, 0.1) is 6.42 Å². The summed E-state index contributed by atoms with van der Waals surface area (Å²) in [6.45, 7) is 1.67. The Morgan fingerprint density at radius 3 is 2.64 bits per heavy atom. The van der Waals surface area contributed by atoms with Crippen molar-refractivity contribution in [1.82, 2.24) is 0 Å². The maximum absolute atomic E-state index is 10.6. The number of carbonyl (C=O) groups excluding carboxylic acids is 1. The lowest BCUT2D eigenvalue weighted by atomic mass is 10.2. The van der Waals surface area contributed by atoms with Crippen LogP contribution in [-0.2, 0) is 14.0 Å². The average Bonchev–Trinajstić information content (AvgIpc) is 1.87. The molecule has 0 aromatic heterocycles. The molecule has 0 heterocycles. The van der Waals surface area contributed by atoms with E-state index in [1.54, 1.807) is 6.55 Å². The van der Waals surface area contributed by atoms with Crippen molar-refractivity contribution in [2.45, 2.75) is 19.0 Å². The Balaban J connectivity index is 3.66. The third-order valence-corrected chi connectivity index (χ3v) is 1.35. The Hall–Kier alpha value is -0.883. The Morgan fingerprint density at radius 2 is 2.27 bits per heavy atom. The van der Waals surface area contributed by atoms with E-state index >= 15 is 0 Å². The van der Waals surface area contributed by atoms with E-state index in [-0.39, 0.29) is 16.2 Å². The summed E-state index contributed by atoms with van der Waals surface area (Å²) in [6.07, 6.45) is -0.268. The summed E-state index contributed by atoms with van der Waals surface area (Å²) in [6, 6.07) is -1.15. The van der Waals surface area contributed by atoms with Gasteiger partial charge in [-0.05, 0) is 6.55 Å². The van der Waals surface area contributed by atoms with E-state index in [1.165, 1.54) is 0 Å². The van der Waals surface area contributed by atoms with Crippen LogP contribution in [-0.4, -0.2) is 32.9 Å². The van der Waals surface area contributed by atoms with Crippen molar-refractivity contribution in [3.05, 3.63) is 0 Å². The number of hydrogen-bond acceptors (Lipinski definition) is 4. The van der Waals surface area contributed by atoms with E-state index in [4.69, 9.17) is 10.8 Å². The second kappa shape index (κ2) is 4.86. The lowest BCUT2D eigenvalue weighted by molar-refractivity contribution is -0.143. The van der Waals surface area contributed by atoms with Gasteiger partial charge in [0.1, 0.15) is 6.04 Å². The number of carboxylic acids is 1. The molecule has 11 heavy (non-hydrogen) atoms. The molecule has 0 fully saturated rings. The topological polar surface area (TPSA) is 89.6 Å². The highest BCUT2D eigenvalue weighted by Crippen LogP contribution is 1.90. The highest BCUT2D eigenvalue weighted by Gasteiger charge is 2.16. The lowest BCUT2D eigenvalue weighted by Gasteiger charge is -2.04. The number of hydrogen-bond donors (Lipinski definition) is 2. The molecular formula is C5H9NO4Si. The molecule has 1 atom stereocenters. The van der Waals surface area contributed by atoms with Gasteiger partial charge in [-0.15, -0.1) is 0 Å². The van der Waals surface area contributed by atoms with Crippen molar-refractivity contribution in [2.75, 3.05) is 0 Å². The fourth-order valence-corrected chi connectivity index (χ4v) is 0.733. The van der Waals surface area contributed by atoms with Gasteiger partial charge in [0.25, 0.3) is 5.97 Å².